The van der Waals surface area contributed by atoms with Crippen LogP contribution in [0.25, 0.3) is 0 Å². The summed E-state index contributed by atoms with van der Waals surface area (Å²) in [6, 6.07) is 0. The summed E-state index contributed by atoms with van der Waals surface area (Å²) in [7, 11) is -5.77. The van der Waals surface area contributed by atoms with Crippen molar-refractivity contribution in [1.29, 1.82) is 0 Å². The van der Waals surface area contributed by atoms with Crippen molar-refractivity contribution in [1.82, 2.24) is 10.2 Å². The molecule has 4 N–H and O–H groups in total. The lowest BCUT2D eigenvalue weighted by Gasteiger charge is -2.72. The van der Waals surface area contributed by atoms with Crippen LogP contribution in [0.2, 0.25) is 0 Å². The normalized spacial score (nSPS) is 43.9. The van der Waals surface area contributed by atoms with Crippen molar-refractivity contribution in [2.75, 3.05) is 55.9 Å². The number of allylic oxidation sites excluding steroid dienone is 5. The van der Waals surface area contributed by atoms with Crippen molar-refractivity contribution in [3.05, 3.63) is 35.5 Å². The standard InChI is InChI=1S/C45H73FN2O6S2/c1-31(2)33-12-19-45(47-22-26-55(51,52)27-23-48-24-28-56(53,54)29-25-48)21-20-42(6)35(38(33)45)8-9-37-41(5)15-13-34(40(3,4)36(41)14-16-43(37,42)7)32-10-17-44(30-46,18-11-32)39(49)50/h10,13,33,35-38,47,53-54H,1,8-9,11-12,14-30H2,2-7H3,(H,49,50)/t33-,35+,36-,37+,38+,41-,42+,43+,44-,45-/m0/s1. The van der Waals surface area contributed by atoms with Crippen molar-refractivity contribution in [2.24, 2.45) is 56.7 Å². The summed E-state index contributed by atoms with van der Waals surface area (Å²) in [4.78, 5) is 14.1. The fourth-order valence-electron chi connectivity index (χ4n) is 14.9. The van der Waals surface area contributed by atoms with Crippen LogP contribution in [-0.2, 0) is 14.6 Å². The number of alkyl halides is 1. The van der Waals surface area contributed by atoms with E-state index in [1.165, 1.54) is 42.4 Å². The molecule has 0 aromatic rings. The molecular formula is C45H73FN2O6S2. The summed E-state index contributed by atoms with van der Waals surface area (Å²) in [5.41, 5.74) is 2.95. The topological polar surface area (TPSA) is 127 Å². The van der Waals surface area contributed by atoms with Crippen LogP contribution in [0.4, 0.5) is 4.39 Å². The number of carboxylic acid groups (broad SMARTS) is 1. The van der Waals surface area contributed by atoms with Crippen molar-refractivity contribution in [3.63, 3.8) is 0 Å². The molecule has 0 radical (unpaired) electrons. The zero-order chi connectivity index (χ0) is 40.7. The minimum absolute atomic E-state index is 0.0567. The predicted octanol–water partition coefficient (Wildman–Crippen LogP) is 9.15. The molecule has 7 aliphatic rings. The quantitative estimate of drug-likeness (QED) is 0.152. The summed E-state index contributed by atoms with van der Waals surface area (Å²) in [6.45, 7) is 20.7. The molecule has 0 aromatic heterocycles. The minimum Gasteiger partial charge on any atom is -0.481 e. The Labute approximate surface area is 339 Å². The Bertz CT molecular complexity index is 1740. The number of hydrogen-bond acceptors (Lipinski definition) is 7. The highest BCUT2D eigenvalue weighted by molar-refractivity contribution is 8.24. The summed E-state index contributed by atoms with van der Waals surface area (Å²) in [5, 5.41) is 13.8. The van der Waals surface area contributed by atoms with Crippen LogP contribution in [0.15, 0.2) is 35.5 Å². The number of carboxylic acids is 1. The molecule has 4 saturated carbocycles. The van der Waals surface area contributed by atoms with E-state index in [9.17, 15) is 31.8 Å². The number of fused-ring (bicyclic) bond motifs is 7. The lowest BCUT2D eigenvalue weighted by Crippen LogP contribution is -2.68. The second-order valence-electron chi connectivity index (χ2n) is 21.2. The summed E-state index contributed by atoms with van der Waals surface area (Å²) < 4.78 is 60.6. The highest BCUT2D eigenvalue weighted by Crippen LogP contribution is 2.76. The molecule has 11 heteroatoms. The number of rotatable bonds is 11. The van der Waals surface area contributed by atoms with Gasteiger partial charge in [0, 0.05) is 31.7 Å². The highest BCUT2D eigenvalue weighted by Gasteiger charge is 2.70. The maximum Gasteiger partial charge on any atom is 0.312 e. The zero-order valence-electron chi connectivity index (χ0n) is 35.3. The van der Waals surface area contributed by atoms with Crippen LogP contribution in [-0.4, -0.2) is 94.9 Å². The number of carbonyl (C=O) groups is 1. The van der Waals surface area contributed by atoms with E-state index in [4.69, 9.17) is 0 Å². The van der Waals surface area contributed by atoms with Gasteiger partial charge in [0.25, 0.3) is 0 Å². The molecule has 1 heterocycles. The van der Waals surface area contributed by atoms with E-state index in [1.807, 2.05) is 0 Å². The molecule has 5 fully saturated rings. The Kier molecular flexibility index (Phi) is 11.3. The first kappa shape index (κ1) is 42.9. The molecule has 318 valence electrons. The first-order chi connectivity index (χ1) is 26.1. The molecule has 0 amide bonds. The van der Waals surface area contributed by atoms with Gasteiger partial charge in [-0.1, -0.05) is 58.9 Å². The monoisotopic (exact) mass is 820 g/mol. The van der Waals surface area contributed by atoms with E-state index < -0.39 is 38.5 Å². The average Bonchev–Trinajstić information content (AvgIpc) is 3.51. The molecule has 8 nitrogen and oxygen atoms in total. The lowest BCUT2D eigenvalue weighted by atomic mass is 9.33. The van der Waals surface area contributed by atoms with Crippen LogP contribution in [0, 0.1) is 56.7 Å². The van der Waals surface area contributed by atoms with Crippen LogP contribution in [0.1, 0.15) is 119 Å². The molecule has 1 aliphatic heterocycles. The fraction of sp³-hybridized carbons (Fsp3) is 0.844. The van der Waals surface area contributed by atoms with Crippen molar-refractivity contribution in [2.45, 2.75) is 124 Å². The van der Waals surface area contributed by atoms with Gasteiger partial charge in [-0.2, -0.15) is 10.6 Å². The fourth-order valence-corrected chi connectivity index (χ4v) is 17.4. The smallest absolute Gasteiger partial charge is 0.312 e. The first-order valence-corrected chi connectivity index (χ1v) is 25.6. The average molecular weight is 821 g/mol. The van der Waals surface area contributed by atoms with Crippen molar-refractivity contribution in [3.8, 4) is 0 Å². The van der Waals surface area contributed by atoms with E-state index in [-0.39, 0.29) is 45.1 Å². The van der Waals surface area contributed by atoms with Crippen LogP contribution >= 0.6 is 10.6 Å². The molecule has 0 aromatic carbocycles. The third-order valence-corrected chi connectivity index (χ3v) is 21.7. The number of hydrogen-bond donors (Lipinski definition) is 4. The Morgan fingerprint density at radius 3 is 2.27 bits per heavy atom. The molecule has 0 spiro atoms. The van der Waals surface area contributed by atoms with E-state index in [2.05, 4.69) is 70.5 Å². The Morgan fingerprint density at radius 2 is 1.64 bits per heavy atom. The summed E-state index contributed by atoms with van der Waals surface area (Å²) >= 11 is 0. The maximum atomic E-state index is 14.0. The van der Waals surface area contributed by atoms with Crippen LogP contribution in [0.5, 0.6) is 0 Å². The molecule has 0 bridgehead atoms. The van der Waals surface area contributed by atoms with E-state index in [0.717, 1.165) is 32.1 Å². The minimum atomic E-state index is -3.27. The maximum absolute atomic E-state index is 14.0. The zero-order valence-corrected chi connectivity index (χ0v) is 36.9. The highest BCUT2D eigenvalue weighted by atomic mass is 32.3. The molecule has 0 unspecified atom stereocenters. The SMILES string of the molecule is C=C(C)[C@@H]1CC[C@]2(NCCS(=O)(=O)CCN3CCS(O)(O)CC3)CC[C@]3(C)[C@H](CC[C@@H]4[C@@]5(C)CC=C(C6=CC[C@](CF)(C(=O)O)CC6)C(C)(C)[C@@H]5CC[C@]43C)[C@@H]12. The van der Waals surface area contributed by atoms with Gasteiger partial charge in [-0.15, -0.1) is 0 Å². The molecular weight excluding hydrogens is 748 g/mol. The largest absolute Gasteiger partial charge is 0.481 e. The number of halogens is 1. The molecule has 56 heavy (non-hydrogen) atoms. The Morgan fingerprint density at radius 1 is 0.929 bits per heavy atom. The van der Waals surface area contributed by atoms with Gasteiger partial charge in [-0.3, -0.25) is 18.8 Å². The van der Waals surface area contributed by atoms with E-state index in [0.29, 0.717) is 80.1 Å². The molecule has 6 aliphatic carbocycles. The van der Waals surface area contributed by atoms with E-state index >= 15 is 0 Å². The summed E-state index contributed by atoms with van der Waals surface area (Å²) in [5.74, 6) is 2.38. The number of nitrogens with one attached hydrogen (secondary N) is 1. The van der Waals surface area contributed by atoms with Crippen LogP contribution < -0.4 is 5.32 Å². The van der Waals surface area contributed by atoms with Crippen LogP contribution in [0.3, 0.4) is 0 Å². The number of aliphatic carboxylic acids is 1. The number of nitrogens with zero attached hydrogens (tertiary/aromatic N) is 1. The van der Waals surface area contributed by atoms with Gasteiger partial charge in [-0.05, 0) is 146 Å². The third kappa shape index (κ3) is 6.94. The second kappa shape index (κ2) is 14.7. The van der Waals surface area contributed by atoms with Gasteiger partial charge in [0.1, 0.15) is 6.67 Å². The van der Waals surface area contributed by atoms with Gasteiger partial charge in [-0.25, -0.2) is 12.8 Å². The van der Waals surface area contributed by atoms with Crippen molar-refractivity contribution < 1.29 is 31.8 Å². The number of sulfone groups is 1. The van der Waals surface area contributed by atoms with E-state index in [1.54, 1.807) is 0 Å². The van der Waals surface area contributed by atoms with Gasteiger partial charge >= 0.3 is 5.97 Å². The Hall–Kier alpha value is -1.24. The molecule has 10 atom stereocenters. The Balaban J connectivity index is 1.08. The van der Waals surface area contributed by atoms with Gasteiger partial charge in [0.15, 0.2) is 9.84 Å². The summed E-state index contributed by atoms with van der Waals surface area (Å²) in [6.07, 6.45) is 16.0. The second-order valence-corrected chi connectivity index (χ2v) is 25.9. The first-order valence-electron chi connectivity index (χ1n) is 21.9. The third-order valence-electron chi connectivity index (χ3n) is 18.4. The predicted molar refractivity (Wildman–Crippen MR) is 226 cm³/mol. The molecule has 7 rings (SSSR count). The van der Waals surface area contributed by atoms with Crippen molar-refractivity contribution >= 4 is 26.4 Å². The van der Waals surface area contributed by atoms with Gasteiger partial charge in [0.05, 0.1) is 28.4 Å². The van der Waals surface area contributed by atoms with Gasteiger partial charge in [0.2, 0.25) is 0 Å². The van der Waals surface area contributed by atoms with Gasteiger partial charge < -0.3 is 10.4 Å². The lowest BCUT2D eigenvalue weighted by molar-refractivity contribution is -0.221. The molecule has 1 saturated heterocycles.